The quantitative estimate of drug-likeness (QED) is 0.568. The molecule has 0 atom stereocenters. The van der Waals surface area contributed by atoms with E-state index in [0.29, 0.717) is 0 Å². The van der Waals surface area contributed by atoms with Crippen LogP contribution in [0, 0.1) is 0 Å². The summed E-state index contributed by atoms with van der Waals surface area (Å²) >= 11 is 14.9. The number of hydrogen-bond donors (Lipinski definition) is 1. The van der Waals surface area contributed by atoms with Crippen LogP contribution < -0.4 is 5.73 Å². The van der Waals surface area contributed by atoms with Gasteiger partial charge in [0.1, 0.15) is 0 Å². The average Bonchev–Trinajstić information content (AvgIpc) is 1.77. The molecule has 0 aromatic rings. The minimum atomic E-state index is -4.90. The summed E-state index contributed by atoms with van der Waals surface area (Å²) in [5.74, 6) is -1.33. The van der Waals surface area contributed by atoms with Crippen LogP contribution in [-0.2, 0) is 4.79 Å². The Morgan fingerprint density at radius 2 is 1.62 bits per heavy atom. The first-order valence-electron chi connectivity index (χ1n) is 2.70. The molecule has 0 bridgehead atoms. The largest absolute Gasteiger partial charge is 0.416 e. The van der Waals surface area contributed by atoms with Crippen molar-refractivity contribution >= 4 is 40.7 Å². The molecular formula is C5H3Cl3F3NO. The number of alkyl halides is 6. The number of amides is 1. The molecule has 8 heteroatoms. The topological polar surface area (TPSA) is 43.1 Å². The van der Waals surface area contributed by atoms with Crippen molar-refractivity contribution in [2.75, 3.05) is 0 Å². The van der Waals surface area contributed by atoms with Crippen molar-refractivity contribution in [3.63, 3.8) is 0 Å². The predicted octanol–water partition coefficient (Wildman–Crippen LogP) is 2.33. The molecular weight excluding hydrogens is 253 g/mol. The Hall–Kier alpha value is -0.130. The maximum Gasteiger partial charge on any atom is 0.416 e. The Morgan fingerprint density at radius 3 is 1.69 bits per heavy atom. The van der Waals surface area contributed by atoms with Gasteiger partial charge in [0.15, 0.2) is 0 Å². The third kappa shape index (κ3) is 4.59. The molecule has 0 radical (unpaired) electrons. The molecule has 1 amide bonds. The SMILES string of the molecule is NC(=O)C=C(C(F)(F)F)C(Cl)(Cl)Cl. The zero-order valence-electron chi connectivity index (χ0n) is 5.83. The van der Waals surface area contributed by atoms with E-state index in [2.05, 4.69) is 5.73 Å². The van der Waals surface area contributed by atoms with Gasteiger partial charge in [-0.3, -0.25) is 4.79 Å². The summed E-state index contributed by atoms with van der Waals surface area (Å²) in [6.45, 7) is 0. The molecule has 0 fully saturated rings. The number of allylic oxidation sites excluding steroid dienone is 1. The summed E-state index contributed by atoms with van der Waals surface area (Å²) in [7, 11) is 0. The Bertz CT molecular complexity index is 226. The van der Waals surface area contributed by atoms with Crippen molar-refractivity contribution in [3.05, 3.63) is 11.6 Å². The first-order valence-corrected chi connectivity index (χ1v) is 3.84. The minimum absolute atomic E-state index is 0.0347. The minimum Gasteiger partial charge on any atom is -0.366 e. The van der Waals surface area contributed by atoms with Gasteiger partial charge in [-0.25, -0.2) is 0 Å². The van der Waals surface area contributed by atoms with E-state index in [1.54, 1.807) is 0 Å². The highest BCUT2D eigenvalue weighted by Gasteiger charge is 2.46. The number of rotatable bonds is 1. The fraction of sp³-hybridized carbons (Fsp3) is 0.400. The Labute approximate surface area is 86.4 Å². The Balaban J connectivity index is 5.13. The van der Waals surface area contributed by atoms with Crippen molar-refractivity contribution in [1.82, 2.24) is 0 Å². The molecule has 0 unspecified atom stereocenters. The van der Waals surface area contributed by atoms with Crippen LogP contribution in [0.5, 0.6) is 0 Å². The zero-order chi connectivity index (χ0) is 10.9. The van der Waals surface area contributed by atoms with E-state index >= 15 is 0 Å². The van der Waals surface area contributed by atoms with Gasteiger partial charge in [-0.05, 0) is 0 Å². The highest BCUT2D eigenvalue weighted by atomic mass is 35.6. The van der Waals surface area contributed by atoms with Crippen LogP contribution in [0.15, 0.2) is 11.6 Å². The van der Waals surface area contributed by atoms with E-state index in [4.69, 9.17) is 34.8 Å². The fourth-order valence-electron chi connectivity index (χ4n) is 0.467. The molecule has 2 nitrogen and oxygen atoms in total. The number of hydrogen-bond acceptors (Lipinski definition) is 1. The van der Waals surface area contributed by atoms with Gasteiger partial charge in [-0.1, -0.05) is 34.8 Å². The maximum atomic E-state index is 12.0. The van der Waals surface area contributed by atoms with Gasteiger partial charge in [-0.15, -0.1) is 0 Å². The normalized spacial score (nSPS) is 14.5. The van der Waals surface area contributed by atoms with Crippen molar-refractivity contribution in [2.24, 2.45) is 5.73 Å². The summed E-state index contributed by atoms with van der Waals surface area (Å²) in [6, 6.07) is 0. The van der Waals surface area contributed by atoms with Crippen LogP contribution in [0.4, 0.5) is 13.2 Å². The lowest BCUT2D eigenvalue weighted by Crippen LogP contribution is -2.26. The van der Waals surface area contributed by atoms with E-state index in [1.165, 1.54) is 0 Å². The van der Waals surface area contributed by atoms with Gasteiger partial charge in [0.25, 0.3) is 0 Å². The molecule has 0 aliphatic carbocycles. The molecule has 0 rings (SSSR count). The van der Waals surface area contributed by atoms with Crippen LogP contribution in [0.3, 0.4) is 0 Å². The predicted molar refractivity (Wildman–Crippen MR) is 43.6 cm³/mol. The summed E-state index contributed by atoms with van der Waals surface area (Å²) in [5, 5.41) is 0. The molecule has 0 saturated heterocycles. The van der Waals surface area contributed by atoms with Crippen molar-refractivity contribution in [1.29, 1.82) is 0 Å². The number of carbonyl (C=O) groups is 1. The van der Waals surface area contributed by atoms with Gasteiger partial charge in [-0.2, -0.15) is 13.2 Å². The lowest BCUT2D eigenvalue weighted by molar-refractivity contribution is -0.115. The fourth-order valence-corrected chi connectivity index (χ4v) is 0.952. The van der Waals surface area contributed by atoms with E-state index in [9.17, 15) is 18.0 Å². The molecule has 2 N–H and O–H groups in total. The smallest absolute Gasteiger partial charge is 0.366 e. The van der Waals surface area contributed by atoms with Crippen molar-refractivity contribution in [2.45, 2.75) is 9.97 Å². The average molecular weight is 256 g/mol. The van der Waals surface area contributed by atoms with E-state index in [-0.39, 0.29) is 6.08 Å². The highest BCUT2D eigenvalue weighted by Crippen LogP contribution is 2.43. The van der Waals surface area contributed by atoms with Crippen molar-refractivity contribution < 1.29 is 18.0 Å². The number of halogens is 6. The maximum absolute atomic E-state index is 12.0. The third-order valence-electron chi connectivity index (χ3n) is 0.897. The molecule has 0 aromatic carbocycles. The molecule has 0 heterocycles. The van der Waals surface area contributed by atoms with Crippen LogP contribution in [0.1, 0.15) is 0 Å². The molecule has 0 aliphatic heterocycles. The summed E-state index contributed by atoms with van der Waals surface area (Å²) in [4.78, 5) is 10.2. The van der Waals surface area contributed by atoms with Crippen LogP contribution in [-0.4, -0.2) is 15.9 Å². The third-order valence-corrected chi connectivity index (χ3v) is 1.51. The molecule has 76 valence electrons. The molecule has 0 aromatic heterocycles. The number of nitrogens with two attached hydrogens (primary N) is 1. The first-order chi connectivity index (χ1) is 5.55. The van der Waals surface area contributed by atoms with Gasteiger partial charge in [0, 0.05) is 6.08 Å². The summed E-state index contributed by atoms with van der Waals surface area (Å²) < 4.78 is 33.4. The summed E-state index contributed by atoms with van der Waals surface area (Å²) in [5.41, 5.74) is 2.88. The zero-order valence-corrected chi connectivity index (χ0v) is 8.10. The number of carbonyl (C=O) groups excluding carboxylic acids is 1. The second-order valence-electron chi connectivity index (χ2n) is 1.96. The molecule has 0 saturated carbocycles. The monoisotopic (exact) mass is 255 g/mol. The summed E-state index contributed by atoms with van der Waals surface area (Å²) in [6.07, 6.45) is -4.87. The lowest BCUT2D eigenvalue weighted by Gasteiger charge is -2.17. The number of primary amides is 1. The first kappa shape index (κ1) is 12.9. The van der Waals surface area contributed by atoms with Gasteiger partial charge in [0.05, 0.1) is 5.57 Å². The van der Waals surface area contributed by atoms with Gasteiger partial charge < -0.3 is 5.73 Å². The second-order valence-corrected chi connectivity index (χ2v) is 4.24. The van der Waals surface area contributed by atoms with Crippen LogP contribution in [0.2, 0.25) is 0 Å². The second kappa shape index (κ2) is 3.94. The van der Waals surface area contributed by atoms with E-state index < -0.39 is 21.4 Å². The van der Waals surface area contributed by atoms with Gasteiger partial charge in [0.2, 0.25) is 9.70 Å². The van der Waals surface area contributed by atoms with E-state index in [1.807, 2.05) is 0 Å². The molecule has 13 heavy (non-hydrogen) atoms. The van der Waals surface area contributed by atoms with E-state index in [0.717, 1.165) is 0 Å². The van der Waals surface area contributed by atoms with Crippen LogP contribution in [0.25, 0.3) is 0 Å². The Kier molecular flexibility index (Phi) is 3.90. The highest BCUT2D eigenvalue weighted by molar-refractivity contribution is 6.69. The molecule has 0 spiro atoms. The van der Waals surface area contributed by atoms with Crippen LogP contribution >= 0.6 is 34.8 Å². The van der Waals surface area contributed by atoms with Crippen molar-refractivity contribution in [3.8, 4) is 0 Å². The lowest BCUT2D eigenvalue weighted by atomic mass is 10.2. The standard InChI is InChI=1S/C5H3Cl3F3NO/c6-4(7,8)2(1-3(12)13)5(9,10)11/h1H,(H2,12,13). The Morgan fingerprint density at radius 1 is 1.23 bits per heavy atom. The van der Waals surface area contributed by atoms with Gasteiger partial charge >= 0.3 is 6.18 Å². The molecule has 0 aliphatic rings.